The number of carboxylic acid groups (broad SMARTS) is 1. The summed E-state index contributed by atoms with van der Waals surface area (Å²) in [5, 5.41) is 10.2. The Hall–Kier alpha value is -0.940. The highest BCUT2D eigenvalue weighted by molar-refractivity contribution is 5.64. The van der Waals surface area contributed by atoms with Crippen molar-refractivity contribution in [3.63, 3.8) is 0 Å². The van der Waals surface area contributed by atoms with E-state index in [0.717, 1.165) is 0 Å². The van der Waals surface area contributed by atoms with Gasteiger partial charge in [0, 0.05) is 6.04 Å². The van der Waals surface area contributed by atoms with Gasteiger partial charge in [-0.2, -0.15) is 13.2 Å². The van der Waals surface area contributed by atoms with Gasteiger partial charge in [-0.15, -0.1) is 0 Å². The molecule has 0 aromatic heterocycles. The normalized spacial score (nSPS) is 28.8. The van der Waals surface area contributed by atoms with Crippen LogP contribution >= 0.6 is 0 Å². The average Bonchev–Trinajstić information content (AvgIpc) is 2.31. The van der Waals surface area contributed by atoms with Gasteiger partial charge >= 0.3 is 12.3 Å². The zero-order valence-corrected chi connectivity index (χ0v) is 6.77. The van der Waals surface area contributed by atoms with Crippen LogP contribution in [-0.4, -0.2) is 23.4 Å². The Morgan fingerprint density at radius 1 is 1.38 bits per heavy atom. The van der Waals surface area contributed by atoms with E-state index < -0.39 is 24.2 Å². The Labute approximate surface area is 72.9 Å². The smallest absolute Gasteiger partial charge is 0.404 e. The monoisotopic (exact) mass is 197 g/mol. The average molecular weight is 197 g/mol. The number of rotatable bonds is 1. The van der Waals surface area contributed by atoms with Gasteiger partial charge in [0.25, 0.3) is 0 Å². The van der Waals surface area contributed by atoms with Crippen molar-refractivity contribution in [1.29, 1.82) is 0 Å². The summed E-state index contributed by atoms with van der Waals surface area (Å²) in [4.78, 5) is 10.1. The summed E-state index contributed by atoms with van der Waals surface area (Å²) >= 11 is 0. The summed E-state index contributed by atoms with van der Waals surface area (Å²) in [5.41, 5.74) is 0. The van der Waals surface area contributed by atoms with Crippen molar-refractivity contribution in [3.8, 4) is 0 Å². The fourth-order valence-corrected chi connectivity index (χ4v) is 1.68. The first-order valence-corrected chi connectivity index (χ1v) is 3.97. The molecule has 1 aliphatic rings. The molecule has 0 aromatic carbocycles. The predicted octanol–water partition coefficient (Wildman–Crippen LogP) is 1.98. The first-order chi connectivity index (χ1) is 5.91. The first kappa shape index (κ1) is 10.1. The minimum atomic E-state index is -4.29. The lowest BCUT2D eigenvalue weighted by Crippen LogP contribution is -2.42. The van der Waals surface area contributed by atoms with E-state index in [1.807, 2.05) is 5.32 Å². The maximum absolute atomic E-state index is 12.2. The maximum Gasteiger partial charge on any atom is 0.404 e. The Morgan fingerprint density at radius 2 is 2.00 bits per heavy atom. The fraction of sp³-hybridized carbons (Fsp3) is 0.857. The second kappa shape index (κ2) is 3.43. The van der Waals surface area contributed by atoms with Crippen LogP contribution in [0.3, 0.4) is 0 Å². The molecule has 2 atom stereocenters. The van der Waals surface area contributed by atoms with Gasteiger partial charge < -0.3 is 10.4 Å². The molecular formula is C7H10F3NO2. The third-order valence-corrected chi connectivity index (χ3v) is 2.25. The Kier molecular flexibility index (Phi) is 2.68. The van der Waals surface area contributed by atoms with Gasteiger partial charge in [0.1, 0.15) is 0 Å². The quantitative estimate of drug-likeness (QED) is 0.675. The molecule has 0 unspecified atom stereocenters. The fourth-order valence-electron chi connectivity index (χ4n) is 1.68. The van der Waals surface area contributed by atoms with Crippen LogP contribution < -0.4 is 5.32 Å². The molecule has 76 valence electrons. The van der Waals surface area contributed by atoms with Crippen molar-refractivity contribution in [2.45, 2.75) is 31.5 Å². The van der Waals surface area contributed by atoms with Crippen molar-refractivity contribution < 1.29 is 23.1 Å². The maximum atomic E-state index is 12.2. The highest BCUT2D eigenvalue weighted by atomic mass is 19.4. The molecule has 0 saturated heterocycles. The summed E-state index contributed by atoms with van der Waals surface area (Å²) < 4.78 is 36.7. The van der Waals surface area contributed by atoms with Gasteiger partial charge in [0.15, 0.2) is 0 Å². The van der Waals surface area contributed by atoms with E-state index >= 15 is 0 Å². The van der Waals surface area contributed by atoms with Crippen molar-refractivity contribution >= 4 is 6.09 Å². The molecule has 1 fully saturated rings. The molecule has 0 heterocycles. The van der Waals surface area contributed by atoms with Crippen molar-refractivity contribution in [3.05, 3.63) is 0 Å². The highest BCUT2D eigenvalue weighted by Crippen LogP contribution is 2.38. The molecule has 1 aliphatic carbocycles. The summed E-state index contributed by atoms with van der Waals surface area (Å²) in [6.07, 6.45) is -4.95. The number of hydrogen-bond acceptors (Lipinski definition) is 1. The molecule has 1 amide bonds. The molecule has 3 nitrogen and oxygen atoms in total. The van der Waals surface area contributed by atoms with Gasteiger partial charge in [0.2, 0.25) is 0 Å². The molecule has 6 heteroatoms. The zero-order valence-electron chi connectivity index (χ0n) is 6.77. The standard InChI is InChI=1S/C7H10F3NO2/c8-7(9,10)4-2-1-3-5(4)11-6(12)13/h4-5,11H,1-3H2,(H,12,13)/t4-,5+/m1/s1. The van der Waals surface area contributed by atoms with E-state index in [1.165, 1.54) is 0 Å². The minimum Gasteiger partial charge on any atom is -0.465 e. The van der Waals surface area contributed by atoms with E-state index in [4.69, 9.17) is 5.11 Å². The number of amides is 1. The van der Waals surface area contributed by atoms with Crippen LogP contribution in [0.4, 0.5) is 18.0 Å². The number of carbonyl (C=O) groups is 1. The molecular weight excluding hydrogens is 187 g/mol. The van der Waals surface area contributed by atoms with Crippen LogP contribution in [0.2, 0.25) is 0 Å². The van der Waals surface area contributed by atoms with Crippen LogP contribution in [0.25, 0.3) is 0 Å². The van der Waals surface area contributed by atoms with Gasteiger partial charge in [-0.1, -0.05) is 6.42 Å². The Balaban J connectivity index is 2.59. The Bertz CT molecular complexity index is 204. The lowest BCUT2D eigenvalue weighted by molar-refractivity contribution is -0.177. The second-order valence-electron chi connectivity index (χ2n) is 3.13. The summed E-state index contributed by atoms with van der Waals surface area (Å²) in [6.45, 7) is 0. The molecule has 2 N–H and O–H groups in total. The summed E-state index contributed by atoms with van der Waals surface area (Å²) in [6, 6.07) is -0.961. The lowest BCUT2D eigenvalue weighted by atomic mass is 10.0. The largest absolute Gasteiger partial charge is 0.465 e. The number of alkyl halides is 3. The topological polar surface area (TPSA) is 49.3 Å². The van der Waals surface area contributed by atoms with Gasteiger partial charge in [-0.05, 0) is 12.8 Å². The second-order valence-corrected chi connectivity index (χ2v) is 3.13. The van der Waals surface area contributed by atoms with Gasteiger partial charge in [-0.25, -0.2) is 4.79 Å². The zero-order chi connectivity index (χ0) is 10.1. The lowest BCUT2D eigenvalue weighted by Gasteiger charge is -2.21. The molecule has 0 bridgehead atoms. The molecule has 13 heavy (non-hydrogen) atoms. The predicted molar refractivity (Wildman–Crippen MR) is 38.3 cm³/mol. The van der Waals surface area contributed by atoms with Crippen LogP contribution in [0.1, 0.15) is 19.3 Å². The molecule has 0 spiro atoms. The molecule has 0 aromatic rings. The number of hydrogen-bond donors (Lipinski definition) is 2. The molecule has 0 aliphatic heterocycles. The van der Waals surface area contributed by atoms with Crippen molar-refractivity contribution in [2.24, 2.45) is 5.92 Å². The van der Waals surface area contributed by atoms with E-state index in [0.29, 0.717) is 6.42 Å². The van der Waals surface area contributed by atoms with Crippen LogP contribution in [0, 0.1) is 5.92 Å². The van der Waals surface area contributed by atoms with Crippen LogP contribution in [0.15, 0.2) is 0 Å². The molecule has 1 saturated carbocycles. The van der Waals surface area contributed by atoms with Crippen molar-refractivity contribution in [2.75, 3.05) is 0 Å². The third kappa shape index (κ3) is 2.50. The minimum absolute atomic E-state index is 0.0223. The molecule has 1 rings (SSSR count). The first-order valence-electron chi connectivity index (χ1n) is 3.97. The van der Waals surface area contributed by atoms with E-state index in [9.17, 15) is 18.0 Å². The van der Waals surface area contributed by atoms with Crippen LogP contribution in [0.5, 0.6) is 0 Å². The highest BCUT2D eigenvalue weighted by Gasteiger charge is 2.47. The number of halogens is 3. The molecule has 0 radical (unpaired) electrons. The van der Waals surface area contributed by atoms with E-state index in [-0.39, 0.29) is 12.8 Å². The number of nitrogens with one attached hydrogen (secondary N) is 1. The Morgan fingerprint density at radius 3 is 2.46 bits per heavy atom. The summed E-state index contributed by atoms with van der Waals surface area (Å²) in [5.74, 6) is -1.51. The summed E-state index contributed by atoms with van der Waals surface area (Å²) in [7, 11) is 0. The van der Waals surface area contributed by atoms with Crippen molar-refractivity contribution in [1.82, 2.24) is 5.32 Å². The van der Waals surface area contributed by atoms with E-state index in [1.54, 1.807) is 0 Å². The van der Waals surface area contributed by atoms with E-state index in [2.05, 4.69) is 0 Å². The van der Waals surface area contributed by atoms with Gasteiger partial charge in [-0.3, -0.25) is 0 Å². The van der Waals surface area contributed by atoms with Crippen LogP contribution in [-0.2, 0) is 0 Å². The SMILES string of the molecule is O=C(O)N[C@H]1CCC[C@H]1C(F)(F)F. The van der Waals surface area contributed by atoms with Gasteiger partial charge in [0.05, 0.1) is 5.92 Å². The third-order valence-electron chi connectivity index (χ3n) is 2.25.